The van der Waals surface area contributed by atoms with E-state index in [4.69, 9.17) is 21.1 Å². The van der Waals surface area contributed by atoms with Crippen molar-refractivity contribution in [3.05, 3.63) is 23.0 Å². The standard InChI is InChI=1S/C13H19ClN2O4/c1-5-19-11(17)10(12(18)20-13(2,3)4)8-6-7-9(14)16-15-8/h6-7,10,15-16H,5H2,1-4H3. The number of hydrazine groups is 1. The van der Waals surface area contributed by atoms with Gasteiger partial charge in [0.2, 0.25) is 0 Å². The summed E-state index contributed by atoms with van der Waals surface area (Å²) in [6, 6.07) is 0. The summed E-state index contributed by atoms with van der Waals surface area (Å²) in [5, 5.41) is 0.348. The van der Waals surface area contributed by atoms with Gasteiger partial charge in [-0.1, -0.05) is 11.6 Å². The van der Waals surface area contributed by atoms with Crippen molar-refractivity contribution < 1.29 is 19.1 Å². The Morgan fingerprint density at radius 3 is 2.35 bits per heavy atom. The van der Waals surface area contributed by atoms with Crippen molar-refractivity contribution >= 4 is 23.5 Å². The van der Waals surface area contributed by atoms with E-state index in [2.05, 4.69) is 10.9 Å². The van der Waals surface area contributed by atoms with Crippen LogP contribution in [0.15, 0.2) is 23.0 Å². The zero-order chi connectivity index (χ0) is 15.3. The number of allylic oxidation sites excluding steroid dienone is 2. The minimum absolute atomic E-state index is 0.176. The number of nitrogens with one attached hydrogen (secondary N) is 2. The van der Waals surface area contributed by atoms with Crippen molar-refractivity contribution in [2.75, 3.05) is 6.61 Å². The Hall–Kier alpha value is -1.69. The summed E-state index contributed by atoms with van der Waals surface area (Å²) in [6.45, 7) is 7.03. The van der Waals surface area contributed by atoms with E-state index in [0.717, 1.165) is 0 Å². The smallest absolute Gasteiger partial charge is 0.327 e. The van der Waals surface area contributed by atoms with Crippen LogP contribution in [0.2, 0.25) is 0 Å². The Balaban J connectivity index is 2.97. The number of halogens is 1. The zero-order valence-corrected chi connectivity index (χ0v) is 12.7. The fraction of sp³-hybridized carbons (Fsp3) is 0.538. The van der Waals surface area contributed by atoms with Gasteiger partial charge >= 0.3 is 11.9 Å². The minimum atomic E-state index is -1.18. The Kier molecular flexibility index (Phi) is 5.44. The van der Waals surface area contributed by atoms with Crippen molar-refractivity contribution in [2.45, 2.75) is 33.3 Å². The summed E-state index contributed by atoms with van der Waals surface area (Å²) in [5.41, 5.74) is 4.93. The first-order chi connectivity index (χ1) is 9.24. The second-order valence-electron chi connectivity index (χ2n) is 5.11. The molecule has 0 saturated heterocycles. The maximum Gasteiger partial charge on any atom is 0.327 e. The van der Waals surface area contributed by atoms with Gasteiger partial charge in [0.15, 0.2) is 5.92 Å². The SMILES string of the molecule is CCOC(=O)C(C(=O)OC(C)(C)C)C1=CC=C(Cl)NN1. The van der Waals surface area contributed by atoms with E-state index in [1.54, 1.807) is 27.7 Å². The molecule has 0 aromatic heterocycles. The van der Waals surface area contributed by atoms with Gasteiger partial charge in [0.05, 0.1) is 12.3 Å². The van der Waals surface area contributed by atoms with E-state index in [1.807, 2.05) is 0 Å². The fourth-order valence-electron chi connectivity index (χ4n) is 1.48. The summed E-state index contributed by atoms with van der Waals surface area (Å²) in [5.74, 6) is -2.53. The highest BCUT2D eigenvalue weighted by Gasteiger charge is 2.36. The Morgan fingerprint density at radius 2 is 1.90 bits per heavy atom. The van der Waals surface area contributed by atoms with Gasteiger partial charge in [-0.05, 0) is 39.8 Å². The summed E-state index contributed by atoms with van der Waals surface area (Å²) in [4.78, 5) is 24.1. The predicted octanol–water partition coefficient (Wildman–Crippen LogP) is 1.58. The van der Waals surface area contributed by atoms with E-state index in [-0.39, 0.29) is 6.61 Å². The Labute approximate surface area is 123 Å². The van der Waals surface area contributed by atoms with Crippen LogP contribution < -0.4 is 10.9 Å². The second-order valence-corrected chi connectivity index (χ2v) is 5.51. The van der Waals surface area contributed by atoms with E-state index < -0.39 is 23.5 Å². The zero-order valence-electron chi connectivity index (χ0n) is 12.0. The van der Waals surface area contributed by atoms with Crippen molar-refractivity contribution in [3.8, 4) is 0 Å². The predicted molar refractivity (Wildman–Crippen MR) is 74.3 cm³/mol. The molecule has 1 aliphatic rings. The summed E-state index contributed by atoms with van der Waals surface area (Å²) in [7, 11) is 0. The molecule has 0 spiro atoms. The second kappa shape index (κ2) is 6.65. The quantitative estimate of drug-likeness (QED) is 0.466. The molecule has 6 nitrogen and oxygen atoms in total. The lowest BCUT2D eigenvalue weighted by atomic mass is 10.0. The largest absolute Gasteiger partial charge is 0.465 e. The fourth-order valence-corrected chi connectivity index (χ4v) is 1.59. The van der Waals surface area contributed by atoms with E-state index in [1.165, 1.54) is 12.2 Å². The van der Waals surface area contributed by atoms with Crippen LogP contribution in [0.4, 0.5) is 0 Å². The van der Waals surface area contributed by atoms with Crippen LogP contribution in [-0.4, -0.2) is 24.1 Å². The molecule has 1 atom stereocenters. The van der Waals surface area contributed by atoms with Gasteiger partial charge in [0, 0.05) is 0 Å². The molecule has 0 aliphatic carbocycles. The van der Waals surface area contributed by atoms with Gasteiger partial charge in [0.1, 0.15) is 10.8 Å². The molecule has 0 radical (unpaired) electrons. The molecule has 2 N–H and O–H groups in total. The van der Waals surface area contributed by atoms with Gasteiger partial charge in [-0.2, -0.15) is 0 Å². The molecule has 0 fully saturated rings. The summed E-state index contributed by atoms with van der Waals surface area (Å²) < 4.78 is 10.2. The van der Waals surface area contributed by atoms with Gasteiger partial charge in [-0.15, -0.1) is 0 Å². The van der Waals surface area contributed by atoms with Crippen molar-refractivity contribution in [3.63, 3.8) is 0 Å². The van der Waals surface area contributed by atoms with Crippen molar-refractivity contribution in [2.24, 2.45) is 5.92 Å². The molecule has 1 rings (SSSR count). The molecular formula is C13H19ClN2O4. The third-order valence-corrected chi connectivity index (χ3v) is 2.43. The molecule has 1 heterocycles. The highest BCUT2D eigenvalue weighted by atomic mass is 35.5. The molecule has 20 heavy (non-hydrogen) atoms. The molecule has 112 valence electrons. The van der Waals surface area contributed by atoms with Gasteiger partial charge in [0.25, 0.3) is 0 Å². The van der Waals surface area contributed by atoms with Crippen LogP contribution in [0.1, 0.15) is 27.7 Å². The first-order valence-electron chi connectivity index (χ1n) is 6.23. The summed E-state index contributed by atoms with van der Waals surface area (Å²) in [6.07, 6.45) is 3.06. The lowest BCUT2D eigenvalue weighted by molar-refractivity contribution is -0.167. The minimum Gasteiger partial charge on any atom is -0.465 e. The Bertz CT molecular complexity index is 452. The van der Waals surface area contributed by atoms with Crippen LogP contribution in [0.3, 0.4) is 0 Å². The van der Waals surface area contributed by atoms with Crippen LogP contribution >= 0.6 is 11.6 Å². The number of carbonyl (C=O) groups excluding carboxylic acids is 2. The van der Waals surface area contributed by atoms with Gasteiger partial charge in [-0.3, -0.25) is 15.0 Å². The average Bonchev–Trinajstić information content (AvgIpc) is 2.30. The van der Waals surface area contributed by atoms with Crippen molar-refractivity contribution in [1.82, 2.24) is 10.9 Å². The third kappa shape index (κ3) is 4.77. The Morgan fingerprint density at radius 1 is 1.25 bits per heavy atom. The monoisotopic (exact) mass is 302 g/mol. The van der Waals surface area contributed by atoms with E-state index in [9.17, 15) is 9.59 Å². The van der Waals surface area contributed by atoms with Crippen LogP contribution in [0.5, 0.6) is 0 Å². The first-order valence-corrected chi connectivity index (χ1v) is 6.61. The molecule has 7 heteroatoms. The third-order valence-electron chi connectivity index (χ3n) is 2.21. The molecular weight excluding hydrogens is 284 g/mol. The number of hydrogen-bond acceptors (Lipinski definition) is 6. The maximum atomic E-state index is 12.2. The normalized spacial score (nSPS) is 16.1. The maximum absolute atomic E-state index is 12.2. The topological polar surface area (TPSA) is 76.7 Å². The number of ether oxygens (including phenoxy) is 2. The van der Waals surface area contributed by atoms with E-state index >= 15 is 0 Å². The number of hydrogen-bond donors (Lipinski definition) is 2. The van der Waals surface area contributed by atoms with Crippen LogP contribution in [0.25, 0.3) is 0 Å². The molecule has 0 amide bonds. The molecule has 0 saturated carbocycles. The lowest BCUT2D eigenvalue weighted by Gasteiger charge is -2.26. The number of esters is 2. The van der Waals surface area contributed by atoms with Crippen LogP contribution in [0, 0.1) is 5.92 Å². The van der Waals surface area contributed by atoms with Gasteiger partial charge in [-0.25, -0.2) is 0 Å². The lowest BCUT2D eigenvalue weighted by Crippen LogP contribution is -2.42. The average molecular weight is 303 g/mol. The first kappa shape index (κ1) is 16.4. The highest BCUT2D eigenvalue weighted by molar-refractivity contribution is 6.29. The van der Waals surface area contributed by atoms with Gasteiger partial charge < -0.3 is 14.9 Å². The molecule has 0 aromatic carbocycles. The van der Waals surface area contributed by atoms with Crippen molar-refractivity contribution in [1.29, 1.82) is 0 Å². The number of rotatable bonds is 4. The molecule has 0 bridgehead atoms. The molecule has 1 aliphatic heterocycles. The van der Waals surface area contributed by atoms with E-state index in [0.29, 0.717) is 10.9 Å². The molecule has 1 unspecified atom stereocenters. The highest BCUT2D eigenvalue weighted by Crippen LogP contribution is 2.19. The summed E-state index contributed by atoms with van der Waals surface area (Å²) >= 11 is 5.72. The molecule has 0 aromatic rings. The number of carbonyl (C=O) groups is 2. The van der Waals surface area contributed by atoms with Crippen LogP contribution in [-0.2, 0) is 19.1 Å².